The average Bonchev–Trinajstić information content (AvgIpc) is 3.25. The molecule has 0 spiro atoms. The van der Waals surface area contributed by atoms with Crippen molar-refractivity contribution in [3.63, 3.8) is 0 Å². The number of para-hydroxylation sites is 2. The molecule has 4 nitrogen and oxygen atoms in total. The normalized spacial score (nSPS) is 11.8. The molecule has 0 amide bonds. The van der Waals surface area contributed by atoms with Crippen LogP contribution in [0.5, 0.6) is 5.88 Å². The Morgan fingerprint density at radius 3 is 2.44 bits per heavy atom. The van der Waals surface area contributed by atoms with Crippen LogP contribution in [0.3, 0.4) is 0 Å². The summed E-state index contributed by atoms with van der Waals surface area (Å²) in [5.74, 6) is 1.07. The molecule has 0 aliphatic heterocycles. The van der Waals surface area contributed by atoms with Crippen LogP contribution in [-0.4, -0.2) is 21.1 Å². The molecule has 0 aliphatic rings. The van der Waals surface area contributed by atoms with Gasteiger partial charge >= 0.3 is 0 Å². The first-order valence-electron chi connectivity index (χ1n) is 11.1. The fourth-order valence-electron chi connectivity index (χ4n) is 3.42. The van der Waals surface area contributed by atoms with Crippen LogP contribution in [0.15, 0.2) is 60.0 Å². The van der Waals surface area contributed by atoms with Crippen molar-refractivity contribution < 1.29 is 4.74 Å². The number of benzene rings is 2. The minimum absolute atomic E-state index is 0.0224. The van der Waals surface area contributed by atoms with Crippen molar-refractivity contribution in [3.8, 4) is 17.1 Å². The van der Waals surface area contributed by atoms with Gasteiger partial charge in [0.25, 0.3) is 0 Å². The summed E-state index contributed by atoms with van der Waals surface area (Å²) < 4.78 is 6.02. The van der Waals surface area contributed by atoms with E-state index in [-0.39, 0.29) is 6.10 Å². The molecule has 0 N–H and O–H groups in total. The first-order valence-corrected chi connectivity index (χ1v) is 12.0. The van der Waals surface area contributed by atoms with E-state index in [0.29, 0.717) is 11.8 Å². The molecule has 4 rings (SSSR count). The molecule has 0 saturated heterocycles. The molecule has 0 fully saturated rings. The minimum Gasteiger partial charge on any atom is -0.473 e. The smallest absolute Gasteiger partial charge is 0.241 e. The van der Waals surface area contributed by atoms with Gasteiger partial charge in [-0.3, -0.25) is 0 Å². The van der Waals surface area contributed by atoms with Crippen molar-refractivity contribution in [2.45, 2.75) is 52.6 Å². The lowest BCUT2D eigenvalue weighted by Crippen LogP contribution is -2.09. The van der Waals surface area contributed by atoms with Crippen LogP contribution >= 0.6 is 11.3 Å². The number of ether oxygens (including phenoxy) is 1. The number of nitrogens with zero attached hydrogens (tertiary/aromatic N) is 3. The lowest BCUT2D eigenvalue weighted by molar-refractivity contribution is 0.234. The topological polar surface area (TPSA) is 47.9 Å². The maximum atomic E-state index is 6.02. The lowest BCUT2D eigenvalue weighted by atomic mass is 10.1. The molecule has 164 valence electrons. The Bertz CT molecular complexity index is 1230. The van der Waals surface area contributed by atoms with Crippen LogP contribution in [0.2, 0.25) is 0 Å². The Hall–Kier alpha value is -3.05. The third-order valence-electron chi connectivity index (χ3n) is 4.99. The standard InChI is InChI=1S/C27H29N3OS/c1-18(2)27-28-22(17-32-27)13-6-5-10-20-11-9-12-21(16-20)25-26(31-19(3)4)30-24-15-8-7-14-23(24)29-25/h5,7-12,14-19H,6,13H2,1-4H3. The maximum Gasteiger partial charge on any atom is 0.241 e. The molecule has 32 heavy (non-hydrogen) atoms. The third kappa shape index (κ3) is 5.40. The summed E-state index contributed by atoms with van der Waals surface area (Å²) >= 11 is 1.76. The average molecular weight is 444 g/mol. The van der Waals surface area contributed by atoms with E-state index in [1.807, 2.05) is 38.1 Å². The van der Waals surface area contributed by atoms with Gasteiger partial charge in [-0.25, -0.2) is 15.0 Å². The summed E-state index contributed by atoms with van der Waals surface area (Å²) in [5, 5.41) is 3.39. The molecular weight excluding hydrogens is 414 g/mol. The van der Waals surface area contributed by atoms with Gasteiger partial charge < -0.3 is 4.74 Å². The van der Waals surface area contributed by atoms with Gasteiger partial charge in [-0.05, 0) is 50.5 Å². The third-order valence-corrected chi connectivity index (χ3v) is 6.18. The van der Waals surface area contributed by atoms with Gasteiger partial charge in [0.05, 0.1) is 27.8 Å². The Morgan fingerprint density at radius 2 is 1.72 bits per heavy atom. The number of rotatable bonds is 8. The monoisotopic (exact) mass is 443 g/mol. The zero-order valence-electron chi connectivity index (χ0n) is 19.1. The number of hydrogen-bond acceptors (Lipinski definition) is 5. The summed E-state index contributed by atoms with van der Waals surface area (Å²) in [5.41, 5.74) is 5.79. The van der Waals surface area contributed by atoms with Gasteiger partial charge in [0.15, 0.2) is 0 Å². The quantitative estimate of drug-likeness (QED) is 0.286. The van der Waals surface area contributed by atoms with Crippen molar-refractivity contribution in [1.29, 1.82) is 0 Å². The molecule has 0 saturated carbocycles. The van der Waals surface area contributed by atoms with E-state index in [2.05, 4.69) is 55.6 Å². The molecular formula is C27H29N3OS. The lowest BCUT2D eigenvalue weighted by Gasteiger charge is -2.14. The highest BCUT2D eigenvalue weighted by Crippen LogP contribution is 2.30. The van der Waals surface area contributed by atoms with Crippen molar-refractivity contribution in [1.82, 2.24) is 15.0 Å². The highest BCUT2D eigenvalue weighted by molar-refractivity contribution is 7.09. The van der Waals surface area contributed by atoms with Crippen molar-refractivity contribution in [2.24, 2.45) is 0 Å². The minimum atomic E-state index is 0.0224. The van der Waals surface area contributed by atoms with E-state index in [4.69, 9.17) is 19.7 Å². The van der Waals surface area contributed by atoms with Crippen molar-refractivity contribution in [3.05, 3.63) is 76.3 Å². The van der Waals surface area contributed by atoms with E-state index in [1.165, 1.54) is 10.7 Å². The maximum absolute atomic E-state index is 6.02. The second kappa shape index (κ2) is 10.0. The Kier molecular flexibility index (Phi) is 6.96. The molecule has 0 atom stereocenters. The van der Waals surface area contributed by atoms with Crippen LogP contribution in [0.4, 0.5) is 0 Å². The van der Waals surface area contributed by atoms with Gasteiger partial charge in [-0.15, -0.1) is 11.3 Å². The number of allylic oxidation sites excluding steroid dienone is 1. The molecule has 2 heterocycles. The van der Waals surface area contributed by atoms with Gasteiger partial charge in [-0.1, -0.05) is 56.3 Å². The second-order valence-corrected chi connectivity index (χ2v) is 9.32. The van der Waals surface area contributed by atoms with Crippen LogP contribution < -0.4 is 4.74 Å². The Morgan fingerprint density at radius 1 is 0.938 bits per heavy atom. The number of thiazole rings is 1. The van der Waals surface area contributed by atoms with Gasteiger partial charge in [0.2, 0.25) is 5.88 Å². The molecule has 5 heteroatoms. The molecule has 2 aromatic carbocycles. The highest BCUT2D eigenvalue weighted by atomic mass is 32.1. The molecule has 0 radical (unpaired) electrons. The Balaban J connectivity index is 1.54. The predicted octanol–water partition coefficient (Wildman–Crippen LogP) is 7.31. The van der Waals surface area contributed by atoms with Crippen LogP contribution in [0.25, 0.3) is 28.4 Å². The summed E-state index contributed by atoms with van der Waals surface area (Å²) in [6.45, 7) is 8.39. The SMILES string of the molecule is CC(C)Oc1nc2ccccc2nc1-c1cccc(C=CCCc2csc(C(C)C)n2)c1. The van der Waals surface area contributed by atoms with Gasteiger partial charge in [-0.2, -0.15) is 0 Å². The zero-order valence-corrected chi connectivity index (χ0v) is 19.9. The summed E-state index contributed by atoms with van der Waals surface area (Å²) in [6, 6.07) is 16.3. The fourth-order valence-corrected chi connectivity index (χ4v) is 4.29. The van der Waals surface area contributed by atoms with E-state index in [1.54, 1.807) is 11.3 Å². The van der Waals surface area contributed by atoms with E-state index in [0.717, 1.165) is 40.7 Å². The zero-order chi connectivity index (χ0) is 22.5. The van der Waals surface area contributed by atoms with Crippen LogP contribution in [0.1, 0.15) is 56.3 Å². The molecule has 0 bridgehead atoms. The van der Waals surface area contributed by atoms with E-state index >= 15 is 0 Å². The van der Waals surface area contributed by atoms with E-state index < -0.39 is 0 Å². The first-order chi connectivity index (χ1) is 15.5. The van der Waals surface area contributed by atoms with Gasteiger partial charge in [0, 0.05) is 16.9 Å². The highest BCUT2D eigenvalue weighted by Gasteiger charge is 2.14. The summed E-state index contributed by atoms with van der Waals surface area (Å²) in [4.78, 5) is 14.3. The Labute approximate surface area is 194 Å². The molecule has 4 aromatic rings. The van der Waals surface area contributed by atoms with Crippen molar-refractivity contribution in [2.75, 3.05) is 0 Å². The number of hydrogen-bond donors (Lipinski definition) is 0. The molecule has 0 unspecified atom stereocenters. The molecule has 0 aliphatic carbocycles. The number of fused-ring (bicyclic) bond motifs is 1. The summed E-state index contributed by atoms with van der Waals surface area (Å²) in [6.07, 6.45) is 6.32. The number of aromatic nitrogens is 3. The van der Waals surface area contributed by atoms with Crippen LogP contribution in [-0.2, 0) is 6.42 Å². The predicted molar refractivity (Wildman–Crippen MR) is 134 cm³/mol. The largest absolute Gasteiger partial charge is 0.473 e. The molecule has 2 aromatic heterocycles. The first kappa shape index (κ1) is 22.2. The fraction of sp³-hybridized carbons (Fsp3) is 0.296. The van der Waals surface area contributed by atoms with Crippen LogP contribution in [0, 0.1) is 0 Å². The number of aryl methyl sites for hydroxylation is 1. The van der Waals surface area contributed by atoms with Gasteiger partial charge in [0.1, 0.15) is 5.69 Å². The second-order valence-electron chi connectivity index (χ2n) is 8.43. The van der Waals surface area contributed by atoms with E-state index in [9.17, 15) is 0 Å². The summed E-state index contributed by atoms with van der Waals surface area (Å²) in [7, 11) is 0. The van der Waals surface area contributed by atoms with Crippen molar-refractivity contribution >= 4 is 28.4 Å².